The molecule has 0 saturated heterocycles. The minimum atomic E-state index is -0.0651. The van der Waals surface area contributed by atoms with E-state index in [1.165, 1.54) is 0 Å². The zero-order valence-electron chi connectivity index (χ0n) is 10.3. The number of carbonyl (C=O) groups is 2. The van der Waals surface area contributed by atoms with E-state index in [1.807, 2.05) is 30.3 Å². The molecule has 1 amide bonds. The molecule has 2 rings (SSSR count). The van der Waals surface area contributed by atoms with Crippen LogP contribution in [0.1, 0.15) is 41.6 Å². The largest absolute Gasteiger partial charge is 0.326 e. The molecule has 3 nitrogen and oxygen atoms in total. The molecule has 1 aromatic rings. The molecule has 1 aliphatic rings. The summed E-state index contributed by atoms with van der Waals surface area (Å²) in [5, 5.41) is 2.91. The van der Waals surface area contributed by atoms with Crippen molar-refractivity contribution in [3.8, 4) is 0 Å². The molecule has 1 aliphatic heterocycles. The fourth-order valence-electron chi connectivity index (χ4n) is 2.17. The smallest absolute Gasteiger partial charge is 0.255 e. The highest BCUT2D eigenvalue weighted by Crippen LogP contribution is 2.16. The van der Waals surface area contributed by atoms with Gasteiger partial charge in [0.2, 0.25) is 0 Å². The van der Waals surface area contributed by atoms with Crippen molar-refractivity contribution >= 4 is 12.2 Å². The number of fused-ring (bicyclic) bond motifs is 1. The molecular formula is C15H17NO2. The van der Waals surface area contributed by atoms with Gasteiger partial charge in [-0.1, -0.05) is 24.3 Å². The molecule has 3 heteroatoms. The summed E-state index contributed by atoms with van der Waals surface area (Å²) in [5.74, 6) is -0.0651. The molecule has 0 aromatic heterocycles. The number of amides is 1. The van der Waals surface area contributed by atoms with Gasteiger partial charge >= 0.3 is 0 Å². The van der Waals surface area contributed by atoms with E-state index in [-0.39, 0.29) is 5.91 Å². The summed E-state index contributed by atoms with van der Waals surface area (Å²) in [6.45, 7) is 0. The Morgan fingerprint density at radius 1 is 1.28 bits per heavy atom. The van der Waals surface area contributed by atoms with E-state index in [0.29, 0.717) is 12.8 Å². The highest BCUT2D eigenvalue weighted by Gasteiger charge is 2.13. The number of carbonyl (C=O) groups excluding carboxylic acids is 2. The molecule has 0 saturated carbocycles. The third kappa shape index (κ3) is 3.06. The van der Waals surface area contributed by atoms with E-state index in [4.69, 9.17) is 0 Å². The molecule has 94 valence electrons. The SMILES string of the molecule is O=CCC/C1=C\CCCc2ccccc2C(=O)N1. The summed E-state index contributed by atoms with van der Waals surface area (Å²) in [5.41, 5.74) is 2.71. The Hall–Kier alpha value is -1.90. The number of aryl methyl sites for hydroxylation is 1. The Morgan fingerprint density at radius 2 is 2.11 bits per heavy atom. The van der Waals surface area contributed by atoms with Crippen molar-refractivity contribution in [3.05, 3.63) is 47.2 Å². The van der Waals surface area contributed by atoms with Crippen LogP contribution < -0.4 is 5.32 Å². The summed E-state index contributed by atoms with van der Waals surface area (Å²) in [6, 6.07) is 7.70. The average molecular weight is 243 g/mol. The van der Waals surface area contributed by atoms with Crippen LogP contribution in [0.4, 0.5) is 0 Å². The molecule has 0 spiro atoms. The molecule has 0 unspecified atom stereocenters. The normalized spacial score (nSPS) is 18.4. The van der Waals surface area contributed by atoms with Crippen LogP contribution in [-0.2, 0) is 11.2 Å². The van der Waals surface area contributed by atoms with Gasteiger partial charge in [0.1, 0.15) is 6.29 Å². The number of benzene rings is 1. The lowest BCUT2D eigenvalue weighted by atomic mass is 10.0. The van der Waals surface area contributed by atoms with Crippen LogP contribution >= 0.6 is 0 Å². The van der Waals surface area contributed by atoms with Crippen molar-refractivity contribution in [3.63, 3.8) is 0 Å². The van der Waals surface area contributed by atoms with E-state index in [0.717, 1.165) is 42.4 Å². The fraction of sp³-hybridized carbons (Fsp3) is 0.333. The van der Waals surface area contributed by atoms with Crippen LogP contribution in [0.5, 0.6) is 0 Å². The Labute approximate surface area is 107 Å². The van der Waals surface area contributed by atoms with Crippen molar-refractivity contribution in [2.75, 3.05) is 0 Å². The average Bonchev–Trinajstić information content (AvgIpc) is 2.47. The number of hydrogen-bond donors (Lipinski definition) is 1. The van der Waals surface area contributed by atoms with Crippen molar-refractivity contribution in [1.29, 1.82) is 0 Å². The zero-order chi connectivity index (χ0) is 12.8. The van der Waals surface area contributed by atoms with Gasteiger partial charge in [0.15, 0.2) is 0 Å². The van der Waals surface area contributed by atoms with Gasteiger partial charge in [-0.2, -0.15) is 0 Å². The Bertz CT molecular complexity index is 477. The predicted molar refractivity (Wildman–Crippen MR) is 70.2 cm³/mol. The number of allylic oxidation sites excluding steroid dienone is 2. The Kier molecular flexibility index (Phi) is 4.29. The minimum absolute atomic E-state index is 0.0651. The molecule has 0 fully saturated rings. The first-order chi connectivity index (χ1) is 8.81. The van der Waals surface area contributed by atoms with E-state index >= 15 is 0 Å². The molecule has 0 atom stereocenters. The molecule has 18 heavy (non-hydrogen) atoms. The number of nitrogens with one attached hydrogen (secondary N) is 1. The van der Waals surface area contributed by atoms with Crippen LogP contribution in [0.3, 0.4) is 0 Å². The van der Waals surface area contributed by atoms with Gasteiger partial charge in [-0.05, 0) is 37.3 Å². The van der Waals surface area contributed by atoms with Crippen molar-refractivity contribution in [1.82, 2.24) is 5.32 Å². The minimum Gasteiger partial charge on any atom is -0.326 e. The van der Waals surface area contributed by atoms with Gasteiger partial charge in [-0.3, -0.25) is 4.79 Å². The summed E-state index contributed by atoms with van der Waals surface area (Å²) < 4.78 is 0. The fourth-order valence-corrected chi connectivity index (χ4v) is 2.17. The number of hydrogen-bond acceptors (Lipinski definition) is 2. The molecule has 1 aromatic carbocycles. The molecule has 0 radical (unpaired) electrons. The number of rotatable bonds is 3. The van der Waals surface area contributed by atoms with E-state index in [2.05, 4.69) is 5.32 Å². The van der Waals surface area contributed by atoms with Crippen LogP contribution in [0.15, 0.2) is 36.0 Å². The van der Waals surface area contributed by atoms with Crippen LogP contribution in [0, 0.1) is 0 Å². The second-order valence-electron chi connectivity index (χ2n) is 4.44. The Balaban J connectivity index is 2.20. The summed E-state index contributed by atoms with van der Waals surface area (Å²) in [7, 11) is 0. The predicted octanol–water partition coefficient (Wildman–Crippen LogP) is 2.62. The van der Waals surface area contributed by atoms with Gasteiger partial charge in [-0.25, -0.2) is 0 Å². The van der Waals surface area contributed by atoms with Crippen molar-refractivity contribution in [2.24, 2.45) is 0 Å². The maximum Gasteiger partial charge on any atom is 0.255 e. The second-order valence-corrected chi connectivity index (χ2v) is 4.44. The zero-order valence-corrected chi connectivity index (χ0v) is 10.3. The van der Waals surface area contributed by atoms with Gasteiger partial charge in [0, 0.05) is 17.7 Å². The Morgan fingerprint density at radius 3 is 2.94 bits per heavy atom. The van der Waals surface area contributed by atoms with Gasteiger partial charge in [0.05, 0.1) is 0 Å². The second kappa shape index (κ2) is 6.15. The summed E-state index contributed by atoms with van der Waals surface area (Å²) >= 11 is 0. The summed E-state index contributed by atoms with van der Waals surface area (Å²) in [6.07, 6.45) is 6.85. The topological polar surface area (TPSA) is 46.2 Å². The van der Waals surface area contributed by atoms with E-state index < -0.39 is 0 Å². The van der Waals surface area contributed by atoms with Crippen LogP contribution in [0.2, 0.25) is 0 Å². The van der Waals surface area contributed by atoms with E-state index in [1.54, 1.807) is 0 Å². The lowest BCUT2D eigenvalue weighted by Gasteiger charge is -2.09. The highest BCUT2D eigenvalue weighted by molar-refractivity contribution is 5.96. The third-order valence-electron chi connectivity index (χ3n) is 3.11. The third-order valence-corrected chi connectivity index (χ3v) is 3.11. The first-order valence-electron chi connectivity index (χ1n) is 6.33. The first-order valence-corrected chi connectivity index (χ1v) is 6.33. The molecule has 1 heterocycles. The van der Waals surface area contributed by atoms with E-state index in [9.17, 15) is 9.59 Å². The van der Waals surface area contributed by atoms with Crippen LogP contribution in [0.25, 0.3) is 0 Å². The quantitative estimate of drug-likeness (QED) is 0.829. The molecule has 0 aliphatic carbocycles. The maximum atomic E-state index is 12.1. The van der Waals surface area contributed by atoms with Gasteiger partial charge in [-0.15, -0.1) is 0 Å². The van der Waals surface area contributed by atoms with Crippen molar-refractivity contribution < 1.29 is 9.59 Å². The lowest BCUT2D eigenvalue weighted by Crippen LogP contribution is -2.23. The van der Waals surface area contributed by atoms with Crippen LogP contribution in [-0.4, -0.2) is 12.2 Å². The lowest BCUT2D eigenvalue weighted by molar-refractivity contribution is -0.107. The van der Waals surface area contributed by atoms with Gasteiger partial charge < -0.3 is 10.1 Å². The maximum absolute atomic E-state index is 12.1. The first kappa shape index (κ1) is 12.6. The molecule has 0 bridgehead atoms. The molecule has 1 N–H and O–H groups in total. The van der Waals surface area contributed by atoms with Gasteiger partial charge in [0.25, 0.3) is 5.91 Å². The molecular weight excluding hydrogens is 226 g/mol. The standard InChI is InChI=1S/C15H17NO2/c17-11-5-9-13-8-3-1-6-12-7-2-4-10-14(12)15(18)16-13/h2,4,7-8,10-11H,1,3,5-6,9H2,(H,16,18)/b13-8+. The monoisotopic (exact) mass is 243 g/mol. The number of aldehydes is 1. The van der Waals surface area contributed by atoms with Crippen molar-refractivity contribution in [2.45, 2.75) is 32.1 Å². The highest BCUT2D eigenvalue weighted by atomic mass is 16.1. The summed E-state index contributed by atoms with van der Waals surface area (Å²) in [4.78, 5) is 22.6.